The SMILES string of the molecule is CCSC(=S)C(C)(C)C#N. The number of nitrogens with zero attached hydrogens (tertiary/aromatic N) is 1. The maximum absolute atomic E-state index is 8.64. The van der Waals surface area contributed by atoms with Crippen LogP contribution in [0.3, 0.4) is 0 Å². The number of hydrogen-bond donors (Lipinski definition) is 0. The van der Waals surface area contributed by atoms with Crippen LogP contribution in [0, 0.1) is 16.7 Å². The lowest BCUT2D eigenvalue weighted by molar-refractivity contribution is 0.717. The summed E-state index contributed by atoms with van der Waals surface area (Å²) in [5, 5.41) is 8.64. The quantitative estimate of drug-likeness (QED) is 0.600. The Kier molecular flexibility index (Phi) is 3.92. The molecule has 0 saturated heterocycles. The fourth-order valence-corrected chi connectivity index (χ4v) is 1.43. The van der Waals surface area contributed by atoms with E-state index in [-0.39, 0.29) is 0 Å². The Hall–Kier alpha value is -0.0700. The highest BCUT2D eigenvalue weighted by atomic mass is 32.2. The van der Waals surface area contributed by atoms with Crippen LogP contribution >= 0.6 is 24.0 Å². The zero-order valence-electron chi connectivity index (χ0n) is 6.47. The third-order valence-electron chi connectivity index (χ3n) is 1.07. The molecule has 0 heterocycles. The summed E-state index contributed by atoms with van der Waals surface area (Å²) in [6, 6.07) is 2.16. The first-order chi connectivity index (χ1) is 4.54. The largest absolute Gasteiger partial charge is 0.197 e. The summed E-state index contributed by atoms with van der Waals surface area (Å²) >= 11 is 6.60. The summed E-state index contributed by atoms with van der Waals surface area (Å²) < 4.78 is 0.789. The highest BCUT2D eigenvalue weighted by Gasteiger charge is 2.22. The van der Waals surface area contributed by atoms with Gasteiger partial charge in [0, 0.05) is 0 Å². The molecule has 10 heavy (non-hydrogen) atoms. The van der Waals surface area contributed by atoms with E-state index < -0.39 is 5.41 Å². The predicted molar refractivity (Wildman–Crippen MR) is 50.1 cm³/mol. The normalized spacial score (nSPS) is 10.6. The highest BCUT2D eigenvalue weighted by molar-refractivity contribution is 8.23. The Morgan fingerprint density at radius 2 is 2.20 bits per heavy atom. The summed E-state index contributed by atoms with van der Waals surface area (Å²) in [5.74, 6) is 0.948. The Morgan fingerprint density at radius 1 is 1.70 bits per heavy atom. The Balaban J connectivity index is 4.09. The van der Waals surface area contributed by atoms with Crippen LogP contribution in [-0.2, 0) is 0 Å². The summed E-state index contributed by atoms with van der Waals surface area (Å²) in [6.45, 7) is 5.72. The average Bonchev–Trinajstić information content (AvgIpc) is 1.89. The van der Waals surface area contributed by atoms with Gasteiger partial charge in [0.05, 0.1) is 15.7 Å². The van der Waals surface area contributed by atoms with Crippen molar-refractivity contribution in [3.8, 4) is 6.07 Å². The molecule has 0 rings (SSSR count). The molecule has 3 heteroatoms. The topological polar surface area (TPSA) is 23.8 Å². The first-order valence-corrected chi connectivity index (χ1v) is 4.52. The van der Waals surface area contributed by atoms with Crippen molar-refractivity contribution in [2.24, 2.45) is 5.41 Å². The number of thioether (sulfide) groups is 1. The molecule has 0 aliphatic rings. The van der Waals surface area contributed by atoms with Crippen LogP contribution in [0.25, 0.3) is 0 Å². The van der Waals surface area contributed by atoms with Crippen LogP contribution in [0.15, 0.2) is 0 Å². The summed E-state index contributed by atoms with van der Waals surface area (Å²) in [4.78, 5) is 0. The Labute approximate surface area is 71.8 Å². The maximum atomic E-state index is 8.64. The standard InChI is InChI=1S/C7H11NS2/c1-4-10-6(9)7(2,3)5-8/h4H2,1-3H3. The lowest BCUT2D eigenvalue weighted by Gasteiger charge is -2.14. The second kappa shape index (κ2) is 3.95. The molecular weight excluding hydrogens is 162 g/mol. The summed E-state index contributed by atoms with van der Waals surface area (Å²) in [6.07, 6.45) is 0. The van der Waals surface area contributed by atoms with Crippen LogP contribution in [-0.4, -0.2) is 9.95 Å². The summed E-state index contributed by atoms with van der Waals surface area (Å²) in [5.41, 5.74) is -0.448. The van der Waals surface area contributed by atoms with E-state index in [9.17, 15) is 0 Å². The number of thiocarbonyl (C=S) groups is 1. The smallest absolute Gasteiger partial charge is 0.0927 e. The minimum atomic E-state index is -0.448. The van der Waals surface area contributed by atoms with Gasteiger partial charge in [0.2, 0.25) is 0 Å². The van der Waals surface area contributed by atoms with Crippen molar-refractivity contribution in [2.45, 2.75) is 20.8 Å². The van der Waals surface area contributed by atoms with Crippen molar-refractivity contribution in [3.63, 3.8) is 0 Å². The molecule has 0 N–H and O–H groups in total. The molecule has 0 spiro atoms. The fraction of sp³-hybridized carbons (Fsp3) is 0.714. The van der Waals surface area contributed by atoms with Gasteiger partial charge in [-0.05, 0) is 19.6 Å². The van der Waals surface area contributed by atoms with Gasteiger partial charge in [-0.2, -0.15) is 5.26 Å². The van der Waals surface area contributed by atoms with E-state index in [1.165, 1.54) is 0 Å². The first kappa shape index (κ1) is 9.93. The highest BCUT2D eigenvalue weighted by Crippen LogP contribution is 2.24. The van der Waals surface area contributed by atoms with Crippen molar-refractivity contribution in [1.82, 2.24) is 0 Å². The third-order valence-corrected chi connectivity index (χ3v) is 2.99. The van der Waals surface area contributed by atoms with E-state index in [2.05, 4.69) is 6.07 Å². The number of nitriles is 1. The van der Waals surface area contributed by atoms with Gasteiger partial charge in [0.25, 0.3) is 0 Å². The van der Waals surface area contributed by atoms with Gasteiger partial charge >= 0.3 is 0 Å². The van der Waals surface area contributed by atoms with Crippen LogP contribution in [0.2, 0.25) is 0 Å². The zero-order valence-corrected chi connectivity index (χ0v) is 8.10. The molecule has 0 aromatic carbocycles. The molecule has 0 aliphatic heterocycles. The average molecular weight is 173 g/mol. The molecule has 1 nitrogen and oxygen atoms in total. The van der Waals surface area contributed by atoms with Gasteiger partial charge in [0.1, 0.15) is 0 Å². The van der Waals surface area contributed by atoms with E-state index in [0.717, 1.165) is 9.95 Å². The van der Waals surface area contributed by atoms with Crippen molar-refractivity contribution >= 4 is 28.2 Å². The second-order valence-corrected chi connectivity index (χ2v) is 4.40. The zero-order chi connectivity index (χ0) is 8.20. The molecule has 0 aliphatic carbocycles. The lowest BCUT2D eigenvalue weighted by atomic mass is 9.99. The molecule has 0 amide bonds. The Morgan fingerprint density at radius 3 is 2.50 bits per heavy atom. The molecule has 0 radical (unpaired) electrons. The van der Waals surface area contributed by atoms with Crippen molar-refractivity contribution < 1.29 is 0 Å². The van der Waals surface area contributed by atoms with E-state index in [4.69, 9.17) is 17.5 Å². The number of rotatable bonds is 2. The van der Waals surface area contributed by atoms with E-state index in [1.807, 2.05) is 20.8 Å². The minimum Gasteiger partial charge on any atom is -0.197 e. The first-order valence-electron chi connectivity index (χ1n) is 3.13. The van der Waals surface area contributed by atoms with Gasteiger partial charge in [-0.3, -0.25) is 0 Å². The van der Waals surface area contributed by atoms with E-state index in [0.29, 0.717) is 0 Å². The number of hydrogen-bond acceptors (Lipinski definition) is 3. The van der Waals surface area contributed by atoms with Crippen molar-refractivity contribution in [3.05, 3.63) is 0 Å². The molecule has 56 valence electrons. The monoisotopic (exact) mass is 173 g/mol. The van der Waals surface area contributed by atoms with Gasteiger partial charge in [0.15, 0.2) is 0 Å². The van der Waals surface area contributed by atoms with Gasteiger partial charge in [-0.15, -0.1) is 11.8 Å². The van der Waals surface area contributed by atoms with Crippen molar-refractivity contribution in [1.29, 1.82) is 5.26 Å². The second-order valence-electron chi connectivity index (χ2n) is 2.46. The maximum Gasteiger partial charge on any atom is 0.0927 e. The molecule has 0 saturated carbocycles. The Bertz CT molecular complexity index is 167. The molecule has 0 bridgehead atoms. The third kappa shape index (κ3) is 2.68. The molecule has 0 fully saturated rings. The van der Waals surface area contributed by atoms with Gasteiger partial charge < -0.3 is 0 Å². The molecule has 0 aromatic heterocycles. The molecular formula is C7H11NS2. The van der Waals surface area contributed by atoms with Crippen molar-refractivity contribution in [2.75, 3.05) is 5.75 Å². The van der Waals surface area contributed by atoms with Crippen LogP contribution in [0.1, 0.15) is 20.8 Å². The van der Waals surface area contributed by atoms with Gasteiger partial charge in [-0.25, -0.2) is 0 Å². The predicted octanol–water partition coefficient (Wildman–Crippen LogP) is 2.62. The van der Waals surface area contributed by atoms with Gasteiger partial charge in [-0.1, -0.05) is 19.1 Å². The van der Waals surface area contributed by atoms with E-state index in [1.54, 1.807) is 11.8 Å². The molecule has 0 aromatic rings. The van der Waals surface area contributed by atoms with E-state index >= 15 is 0 Å². The fourth-order valence-electron chi connectivity index (χ4n) is 0.357. The van der Waals surface area contributed by atoms with Crippen LogP contribution in [0.5, 0.6) is 0 Å². The molecule has 0 unspecified atom stereocenters. The molecule has 0 atom stereocenters. The van der Waals surface area contributed by atoms with Crippen LogP contribution < -0.4 is 0 Å². The van der Waals surface area contributed by atoms with Crippen LogP contribution in [0.4, 0.5) is 0 Å². The minimum absolute atomic E-state index is 0.448. The summed E-state index contributed by atoms with van der Waals surface area (Å²) in [7, 11) is 0. The lowest BCUT2D eigenvalue weighted by Crippen LogP contribution is -2.16.